The fourth-order valence-corrected chi connectivity index (χ4v) is 2.05. The number of amides is 1. The largest absolute Gasteiger partial charge is 0.462 e. The first-order valence-corrected chi connectivity index (χ1v) is 8.00. The van der Waals surface area contributed by atoms with Crippen LogP contribution >= 0.6 is 12.2 Å². The number of benzene rings is 1. The van der Waals surface area contributed by atoms with Crippen LogP contribution in [0.2, 0.25) is 0 Å². The lowest BCUT2D eigenvalue weighted by atomic mass is 9.92. The van der Waals surface area contributed by atoms with Gasteiger partial charge in [-0.3, -0.25) is 4.79 Å². The average molecular weight is 336 g/mol. The number of ether oxygens (including phenoxy) is 1. The van der Waals surface area contributed by atoms with E-state index in [9.17, 15) is 9.59 Å². The number of hydrogen-bond donors (Lipinski definition) is 2. The highest BCUT2D eigenvalue weighted by Gasteiger charge is 2.16. The first-order chi connectivity index (χ1) is 10.7. The van der Waals surface area contributed by atoms with Crippen LogP contribution in [0.25, 0.3) is 0 Å². The summed E-state index contributed by atoms with van der Waals surface area (Å²) >= 11 is 5.12. The molecule has 0 aliphatic carbocycles. The van der Waals surface area contributed by atoms with E-state index < -0.39 is 0 Å². The minimum Gasteiger partial charge on any atom is -0.462 e. The normalized spacial score (nSPS) is 10.8. The minimum absolute atomic E-state index is 0.108. The number of anilines is 1. The van der Waals surface area contributed by atoms with Crippen molar-refractivity contribution in [1.29, 1.82) is 0 Å². The van der Waals surface area contributed by atoms with Gasteiger partial charge in [0.05, 0.1) is 12.2 Å². The van der Waals surface area contributed by atoms with E-state index in [4.69, 9.17) is 17.0 Å². The Morgan fingerprint density at radius 2 is 1.96 bits per heavy atom. The first-order valence-electron chi connectivity index (χ1n) is 7.59. The summed E-state index contributed by atoms with van der Waals surface area (Å²) < 4.78 is 5.09. The Hall–Kier alpha value is -1.95. The molecule has 1 rings (SSSR count). The zero-order chi connectivity index (χ0) is 17.5. The van der Waals surface area contributed by atoms with Crippen molar-refractivity contribution in [3.05, 3.63) is 29.8 Å². The van der Waals surface area contributed by atoms with E-state index in [2.05, 4.69) is 10.6 Å². The van der Waals surface area contributed by atoms with Crippen LogP contribution in [0, 0.1) is 5.41 Å². The van der Waals surface area contributed by atoms with Gasteiger partial charge in [0.2, 0.25) is 5.91 Å². The van der Waals surface area contributed by atoms with Gasteiger partial charge in [0.1, 0.15) is 0 Å². The molecule has 0 aliphatic rings. The van der Waals surface area contributed by atoms with Gasteiger partial charge in [0.15, 0.2) is 5.11 Å². The van der Waals surface area contributed by atoms with Crippen LogP contribution in [0.4, 0.5) is 5.69 Å². The van der Waals surface area contributed by atoms with Crippen LogP contribution in [-0.2, 0) is 9.53 Å². The maximum Gasteiger partial charge on any atom is 0.338 e. The SMILES string of the molecule is CCCOC(=O)c1cccc(NC(=S)NC(=O)CC(C)(C)C)c1. The van der Waals surface area contributed by atoms with Crippen molar-refractivity contribution < 1.29 is 14.3 Å². The third kappa shape index (κ3) is 7.74. The molecule has 126 valence electrons. The van der Waals surface area contributed by atoms with Crippen LogP contribution in [0.5, 0.6) is 0 Å². The molecule has 0 unspecified atom stereocenters. The van der Waals surface area contributed by atoms with Gasteiger partial charge in [-0.2, -0.15) is 0 Å². The summed E-state index contributed by atoms with van der Waals surface area (Å²) in [6, 6.07) is 6.80. The zero-order valence-electron chi connectivity index (χ0n) is 14.1. The molecule has 1 amide bonds. The average Bonchev–Trinajstić information content (AvgIpc) is 2.42. The maximum absolute atomic E-state index is 11.8. The van der Waals surface area contributed by atoms with E-state index in [0.717, 1.165) is 6.42 Å². The monoisotopic (exact) mass is 336 g/mol. The van der Waals surface area contributed by atoms with Gasteiger partial charge in [-0.15, -0.1) is 0 Å². The molecular weight excluding hydrogens is 312 g/mol. The molecule has 1 aromatic carbocycles. The highest BCUT2D eigenvalue weighted by molar-refractivity contribution is 7.80. The molecule has 5 nitrogen and oxygen atoms in total. The lowest BCUT2D eigenvalue weighted by Crippen LogP contribution is -2.36. The van der Waals surface area contributed by atoms with E-state index in [0.29, 0.717) is 24.3 Å². The molecule has 2 N–H and O–H groups in total. The molecule has 0 aromatic heterocycles. The Morgan fingerprint density at radius 1 is 1.26 bits per heavy atom. The third-order valence-electron chi connectivity index (χ3n) is 2.74. The van der Waals surface area contributed by atoms with Gasteiger partial charge in [-0.25, -0.2) is 4.79 Å². The van der Waals surface area contributed by atoms with Crippen LogP contribution in [-0.4, -0.2) is 23.6 Å². The maximum atomic E-state index is 11.8. The molecule has 0 spiro atoms. The van der Waals surface area contributed by atoms with E-state index >= 15 is 0 Å². The highest BCUT2D eigenvalue weighted by atomic mass is 32.1. The number of carbonyl (C=O) groups is 2. The Kier molecular flexibility index (Phi) is 7.16. The third-order valence-corrected chi connectivity index (χ3v) is 2.94. The van der Waals surface area contributed by atoms with E-state index in [1.807, 2.05) is 27.7 Å². The fourth-order valence-electron chi connectivity index (χ4n) is 1.82. The molecular formula is C17H24N2O3S. The molecule has 0 radical (unpaired) electrons. The standard InChI is InChI=1S/C17H24N2O3S/c1-5-9-22-15(21)12-7-6-8-13(10-12)18-16(23)19-14(20)11-17(2,3)4/h6-8,10H,5,9,11H2,1-4H3,(H2,18,19,20,23). The molecule has 23 heavy (non-hydrogen) atoms. The summed E-state index contributed by atoms with van der Waals surface area (Å²) in [6.07, 6.45) is 1.14. The van der Waals surface area contributed by atoms with Gasteiger partial charge in [0.25, 0.3) is 0 Å². The van der Waals surface area contributed by atoms with E-state index in [-0.39, 0.29) is 22.4 Å². The summed E-state index contributed by atoms with van der Waals surface area (Å²) in [5.74, 6) is -0.522. The van der Waals surface area contributed by atoms with Gasteiger partial charge in [-0.05, 0) is 42.3 Å². The molecule has 0 bridgehead atoms. The topological polar surface area (TPSA) is 67.4 Å². The molecule has 0 aliphatic heterocycles. The molecule has 1 aromatic rings. The minimum atomic E-state index is -0.377. The number of carbonyl (C=O) groups excluding carboxylic acids is 2. The van der Waals surface area contributed by atoms with Crippen molar-refractivity contribution in [2.75, 3.05) is 11.9 Å². The van der Waals surface area contributed by atoms with Gasteiger partial charge in [0, 0.05) is 12.1 Å². The number of nitrogens with one attached hydrogen (secondary N) is 2. The molecule has 0 saturated heterocycles. The van der Waals surface area contributed by atoms with Crippen LogP contribution in [0.1, 0.15) is 50.9 Å². The zero-order valence-corrected chi connectivity index (χ0v) is 14.9. The van der Waals surface area contributed by atoms with Crippen LogP contribution in [0.3, 0.4) is 0 Å². The van der Waals surface area contributed by atoms with Crippen molar-refractivity contribution in [3.63, 3.8) is 0 Å². The molecule has 0 atom stereocenters. The van der Waals surface area contributed by atoms with Crippen molar-refractivity contribution in [2.45, 2.75) is 40.5 Å². The van der Waals surface area contributed by atoms with Crippen molar-refractivity contribution in [2.24, 2.45) is 5.41 Å². The molecule has 6 heteroatoms. The predicted molar refractivity (Wildman–Crippen MR) is 95.5 cm³/mol. The lowest BCUT2D eigenvalue weighted by molar-refractivity contribution is -0.121. The van der Waals surface area contributed by atoms with Gasteiger partial charge < -0.3 is 15.4 Å². The summed E-state index contributed by atoms with van der Waals surface area (Å²) in [4.78, 5) is 23.7. The Balaban J connectivity index is 2.62. The summed E-state index contributed by atoms with van der Waals surface area (Å²) in [5, 5.41) is 5.74. The molecule has 0 heterocycles. The Labute approximate surface area is 142 Å². The first kappa shape index (κ1) is 19.1. The quantitative estimate of drug-likeness (QED) is 0.636. The van der Waals surface area contributed by atoms with Crippen LogP contribution < -0.4 is 10.6 Å². The number of hydrogen-bond acceptors (Lipinski definition) is 4. The predicted octanol–water partition coefficient (Wildman–Crippen LogP) is 3.50. The van der Waals surface area contributed by atoms with Crippen molar-refractivity contribution in [3.8, 4) is 0 Å². The second-order valence-electron chi connectivity index (χ2n) is 6.46. The fraction of sp³-hybridized carbons (Fsp3) is 0.471. The Bertz CT molecular complexity index is 579. The summed E-state index contributed by atoms with van der Waals surface area (Å²) in [7, 11) is 0. The number of rotatable bonds is 5. The summed E-state index contributed by atoms with van der Waals surface area (Å²) in [6.45, 7) is 8.26. The number of esters is 1. The molecule has 0 fully saturated rings. The van der Waals surface area contributed by atoms with E-state index in [1.165, 1.54) is 0 Å². The second-order valence-corrected chi connectivity index (χ2v) is 6.86. The highest BCUT2D eigenvalue weighted by Crippen LogP contribution is 2.18. The van der Waals surface area contributed by atoms with Gasteiger partial charge in [-0.1, -0.05) is 33.8 Å². The summed E-state index contributed by atoms with van der Waals surface area (Å²) in [5.41, 5.74) is 0.951. The van der Waals surface area contributed by atoms with Crippen molar-refractivity contribution >= 4 is 34.9 Å². The molecule has 0 saturated carbocycles. The number of thiocarbonyl (C=S) groups is 1. The Morgan fingerprint density at radius 3 is 2.57 bits per heavy atom. The van der Waals surface area contributed by atoms with Crippen molar-refractivity contribution in [1.82, 2.24) is 5.32 Å². The van der Waals surface area contributed by atoms with E-state index in [1.54, 1.807) is 24.3 Å². The van der Waals surface area contributed by atoms with Crippen LogP contribution in [0.15, 0.2) is 24.3 Å². The van der Waals surface area contributed by atoms with Gasteiger partial charge >= 0.3 is 5.97 Å². The second kappa shape index (κ2) is 8.62. The smallest absolute Gasteiger partial charge is 0.338 e. The lowest BCUT2D eigenvalue weighted by Gasteiger charge is -2.18.